The third-order valence-corrected chi connectivity index (χ3v) is 3.04. The summed E-state index contributed by atoms with van der Waals surface area (Å²) in [6, 6.07) is 8.99. The molecule has 2 aromatic rings. The summed E-state index contributed by atoms with van der Waals surface area (Å²) in [6.07, 6.45) is 0. The molecule has 1 heterocycles. The highest BCUT2D eigenvalue weighted by atomic mass is 16.5. The number of amides is 2. The molecule has 0 aliphatic carbocycles. The molecule has 0 saturated carbocycles. The standard InChI is InChI=1S/C15H18N4O3/c1-3-19-14(15(16)21)13(10(2)18-19)17-12(20)9-22-11-7-5-4-6-8-11/h4-8H,3,9H2,1-2H3,(H2,16,21)(H,17,20). The highest BCUT2D eigenvalue weighted by Gasteiger charge is 2.20. The molecule has 2 amide bonds. The van der Waals surface area contributed by atoms with Gasteiger partial charge in [0.2, 0.25) is 0 Å². The Labute approximate surface area is 128 Å². The van der Waals surface area contributed by atoms with E-state index in [2.05, 4.69) is 10.4 Å². The number of anilines is 1. The fraction of sp³-hybridized carbons (Fsp3) is 0.267. The summed E-state index contributed by atoms with van der Waals surface area (Å²) in [6.45, 7) is 3.85. The molecule has 0 saturated heterocycles. The molecular formula is C15H18N4O3. The van der Waals surface area contributed by atoms with Crippen LogP contribution in [0.25, 0.3) is 0 Å². The third kappa shape index (κ3) is 3.43. The first-order valence-electron chi connectivity index (χ1n) is 6.87. The van der Waals surface area contributed by atoms with E-state index in [1.165, 1.54) is 4.68 Å². The Morgan fingerprint density at radius 1 is 1.32 bits per heavy atom. The average molecular weight is 302 g/mol. The highest BCUT2D eigenvalue weighted by molar-refractivity contribution is 6.02. The fourth-order valence-electron chi connectivity index (χ4n) is 2.05. The van der Waals surface area contributed by atoms with E-state index in [0.717, 1.165) is 0 Å². The van der Waals surface area contributed by atoms with Crippen LogP contribution in [0.5, 0.6) is 5.75 Å². The molecule has 0 bridgehead atoms. The Morgan fingerprint density at radius 3 is 2.59 bits per heavy atom. The number of aromatic nitrogens is 2. The highest BCUT2D eigenvalue weighted by Crippen LogP contribution is 2.20. The summed E-state index contributed by atoms with van der Waals surface area (Å²) in [5, 5.41) is 6.82. The summed E-state index contributed by atoms with van der Waals surface area (Å²) >= 11 is 0. The van der Waals surface area contributed by atoms with Gasteiger partial charge >= 0.3 is 0 Å². The zero-order chi connectivity index (χ0) is 16.1. The number of benzene rings is 1. The molecule has 0 radical (unpaired) electrons. The molecular weight excluding hydrogens is 284 g/mol. The molecule has 0 fully saturated rings. The number of para-hydroxylation sites is 1. The largest absolute Gasteiger partial charge is 0.484 e. The van der Waals surface area contributed by atoms with E-state index in [-0.39, 0.29) is 18.2 Å². The van der Waals surface area contributed by atoms with Crippen molar-refractivity contribution in [1.29, 1.82) is 0 Å². The SMILES string of the molecule is CCn1nc(C)c(NC(=O)COc2ccccc2)c1C(N)=O. The number of nitrogens with one attached hydrogen (secondary N) is 1. The van der Waals surface area contributed by atoms with Gasteiger partial charge in [-0.1, -0.05) is 18.2 Å². The molecule has 0 unspecified atom stereocenters. The summed E-state index contributed by atoms with van der Waals surface area (Å²) in [4.78, 5) is 23.5. The van der Waals surface area contributed by atoms with Crippen LogP contribution in [0.4, 0.5) is 5.69 Å². The zero-order valence-electron chi connectivity index (χ0n) is 12.5. The summed E-state index contributed by atoms with van der Waals surface area (Å²) in [7, 11) is 0. The number of nitrogens with zero attached hydrogens (tertiary/aromatic N) is 2. The lowest BCUT2D eigenvalue weighted by Gasteiger charge is -2.08. The summed E-state index contributed by atoms with van der Waals surface area (Å²) in [5.74, 6) is -0.430. The smallest absolute Gasteiger partial charge is 0.269 e. The molecule has 0 atom stereocenters. The molecule has 3 N–H and O–H groups in total. The number of rotatable bonds is 6. The van der Waals surface area contributed by atoms with Gasteiger partial charge in [0.15, 0.2) is 6.61 Å². The van der Waals surface area contributed by atoms with Gasteiger partial charge in [0.25, 0.3) is 11.8 Å². The maximum Gasteiger partial charge on any atom is 0.269 e. The minimum Gasteiger partial charge on any atom is -0.484 e. The number of nitrogens with two attached hydrogens (primary N) is 1. The van der Waals surface area contributed by atoms with E-state index >= 15 is 0 Å². The molecule has 1 aromatic carbocycles. The van der Waals surface area contributed by atoms with Gasteiger partial charge in [-0.15, -0.1) is 0 Å². The third-order valence-electron chi connectivity index (χ3n) is 3.04. The first-order chi connectivity index (χ1) is 10.5. The van der Waals surface area contributed by atoms with Crippen molar-refractivity contribution >= 4 is 17.5 Å². The number of primary amides is 1. The Morgan fingerprint density at radius 2 is 2.00 bits per heavy atom. The Balaban J connectivity index is 2.08. The van der Waals surface area contributed by atoms with Crippen LogP contribution < -0.4 is 15.8 Å². The number of aryl methyl sites for hydroxylation is 2. The van der Waals surface area contributed by atoms with E-state index in [1.807, 2.05) is 25.1 Å². The fourth-order valence-corrected chi connectivity index (χ4v) is 2.05. The van der Waals surface area contributed by atoms with Crippen LogP contribution in [-0.2, 0) is 11.3 Å². The van der Waals surface area contributed by atoms with Crippen molar-refractivity contribution in [2.45, 2.75) is 20.4 Å². The van der Waals surface area contributed by atoms with Crippen LogP contribution >= 0.6 is 0 Å². The second-order valence-electron chi connectivity index (χ2n) is 4.64. The molecule has 7 nitrogen and oxygen atoms in total. The van der Waals surface area contributed by atoms with Gasteiger partial charge in [0.1, 0.15) is 11.4 Å². The molecule has 116 valence electrons. The van der Waals surface area contributed by atoms with Crippen LogP contribution in [0.1, 0.15) is 23.1 Å². The van der Waals surface area contributed by atoms with Crippen LogP contribution in [0, 0.1) is 6.92 Å². The molecule has 2 rings (SSSR count). The van der Waals surface area contributed by atoms with E-state index in [4.69, 9.17) is 10.5 Å². The molecule has 0 spiro atoms. The minimum atomic E-state index is -0.637. The molecule has 0 aliphatic rings. The lowest BCUT2D eigenvalue weighted by Crippen LogP contribution is -2.24. The maximum absolute atomic E-state index is 12.0. The second kappa shape index (κ2) is 6.75. The van der Waals surface area contributed by atoms with E-state index in [1.54, 1.807) is 19.1 Å². The Kier molecular flexibility index (Phi) is 4.77. The lowest BCUT2D eigenvalue weighted by atomic mass is 10.2. The van der Waals surface area contributed by atoms with Crippen molar-refractivity contribution in [3.63, 3.8) is 0 Å². The number of carbonyl (C=O) groups is 2. The quantitative estimate of drug-likeness (QED) is 0.840. The summed E-state index contributed by atoms with van der Waals surface area (Å²) in [5.41, 5.74) is 6.41. The van der Waals surface area contributed by atoms with Crippen molar-refractivity contribution < 1.29 is 14.3 Å². The van der Waals surface area contributed by atoms with E-state index < -0.39 is 5.91 Å². The normalized spacial score (nSPS) is 10.3. The molecule has 0 aliphatic heterocycles. The van der Waals surface area contributed by atoms with E-state index in [0.29, 0.717) is 23.7 Å². The van der Waals surface area contributed by atoms with Gasteiger partial charge in [-0.2, -0.15) is 5.10 Å². The van der Waals surface area contributed by atoms with Crippen molar-refractivity contribution in [1.82, 2.24) is 9.78 Å². The van der Waals surface area contributed by atoms with Gasteiger partial charge in [-0.05, 0) is 26.0 Å². The van der Waals surface area contributed by atoms with Gasteiger partial charge in [0.05, 0.1) is 11.4 Å². The van der Waals surface area contributed by atoms with Gasteiger partial charge in [-0.3, -0.25) is 14.3 Å². The Hall–Kier alpha value is -2.83. The van der Waals surface area contributed by atoms with Crippen molar-refractivity contribution in [3.8, 4) is 5.75 Å². The average Bonchev–Trinajstić information content (AvgIpc) is 2.82. The zero-order valence-corrected chi connectivity index (χ0v) is 12.5. The molecule has 7 heteroatoms. The lowest BCUT2D eigenvalue weighted by molar-refractivity contribution is -0.118. The monoisotopic (exact) mass is 302 g/mol. The van der Waals surface area contributed by atoms with Crippen LogP contribution in [-0.4, -0.2) is 28.2 Å². The van der Waals surface area contributed by atoms with Gasteiger partial charge in [-0.25, -0.2) is 0 Å². The Bertz CT molecular complexity index is 680. The van der Waals surface area contributed by atoms with Crippen molar-refractivity contribution in [3.05, 3.63) is 41.7 Å². The first kappa shape index (κ1) is 15.6. The summed E-state index contributed by atoms with van der Waals surface area (Å²) < 4.78 is 6.82. The van der Waals surface area contributed by atoms with Gasteiger partial charge in [0, 0.05) is 6.54 Å². The topological polar surface area (TPSA) is 99.2 Å². The number of hydrogen-bond acceptors (Lipinski definition) is 4. The van der Waals surface area contributed by atoms with Crippen LogP contribution in [0.2, 0.25) is 0 Å². The van der Waals surface area contributed by atoms with Crippen molar-refractivity contribution in [2.24, 2.45) is 5.73 Å². The number of hydrogen-bond donors (Lipinski definition) is 2. The predicted octanol–water partition coefficient (Wildman–Crippen LogP) is 1.33. The first-order valence-corrected chi connectivity index (χ1v) is 6.87. The molecule has 1 aromatic heterocycles. The number of carbonyl (C=O) groups excluding carboxylic acids is 2. The minimum absolute atomic E-state index is 0.168. The van der Waals surface area contributed by atoms with Gasteiger partial charge < -0.3 is 15.8 Å². The van der Waals surface area contributed by atoms with Crippen LogP contribution in [0.15, 0.2) is 30.3 Å². The maximum atomic E-state index is 12.0. The van der Waals surface area contributed by atoms with E-state index in [9.17, 15) is 9.59 Å². The predicted molar refractivity (Wildman–Crippen MR) is 81.7 cm³/mol. The van der Waals surface area contributed by atoms with Crippen LogP contribution in [0.3, 0.4) is 0 Å². The number of ether oxygens (including phenoxy) is 1. The molecule has 22 heavy (non-hydrogen) atoms. The second-order valence-corrected chi connectivity index (χ2v) is 4.64. The van der Waals surface area contributed by atoms with Crippen molar-refractivity contribution in [2.75, 3.05) is 11.9 Å².